The summed E-state index contributed by atoms with van der Waals surface area (Å²) < 4.78 is 0. The molecule has 3 N–H and O–H groups in total. The minimum Gasteiger partial charge on any atom is -0.326 e. The maximum atomic E-state index is 12.3. The fourth-order valence-electron chi connectivity index (χ4n) is 2.90. The maximum absolute atomic E-state index is 12.3. The van der Waals surface area contributed by atoms with Gasteiger partial charge in [-0.05, 0) is 62.2 Å². The van der Waals surface area contributed by atoms with Crippen LogP contribution in [-0.4, -0.2) is 29.9 Å². The highest BCUT2D eigenvalue weighted by molar-refractivity contribution is 6.30. The Bertz CT molecular complexity index is 773. The molecule has 1 unspecified atom stereocenters. The molecule has 1 aromatic heterocycles. The quantitative estimate of drug-likeness (QED) is 0.726. The van der Waals surface area contributed by atoms with Gasteiger partial charge < -0.3 is 16.0 Å². The number of carbonyl (C=O) groups is 2. The van der Waals surface area contributed by atoms with Crippen LogP contribution in [0.15, 0.2) is 42.6 Å². The highest BCUT2D eigenvalue weighted by atomic mass is 35.5. The Kier molecular flexibility index (Phi) is 6.20. The van der Waals surface area contributed by atoms with Gasteiger partial charge in [0, 0.05) is 23.9 Å². The lowest BCUT2D eigenvalue weighted by Gasteiger charge is -2.10. The average Bonchev–Trinajstić information content (AvgIpc) is 3.16. The largest absolute Gasteiger partial charge is 0.326 e. The van der Waals surface area contributed by atoms with Gasteiger partial charge in [0.05, 0.1) is 5.02 Å². The monoisotopic (exact) mass is 372 g/mol. The van der Waals surface area contributed by atoms with Crippen molar-refractivity contribution in [2.75, 3.05) is 23.7 Å². The molecule has 0 bridgehead atoms. The Hall–Kier alpha value is -2.44. The number of hydrogen-bond acceptors (Lipinski definition) is 4. The zero-order valence-electron chi connectivity index (χ0n) is 14.3. The minimum absolute atomic E-state index is 0.0335. The SMILES string of the molecule is O=C(CCC1CCNC1)Nc1cccc(C(=O)Nc2ccc(Cl)cn2)c1. The second kappa shape index (κ2) is 8.78. The first-order chi connectivity index (χ1) is 12.6. The molecule has 0 radical (unpaired) electrons. The number of pyridine rings is 1. The fourth-order valence-corrected chi connectivity index (χ4v) is 3.01. The highest BCUT2D eigenvalue weighted by Gasteiger charge is 2.16. The van der Waals surface area contributed by atoms with Crippen LogP contribution in [0.5, 0.6) is 0 Å². The highest BCUT2D eigenvalue weighted by Crippen LogP contribution is 2.17. The van der Waals surface area contributed by atoms with Gasteiger partial charge >= 0.3 is 0 Å². The van der Waals surface area contributed by atoms with Gasteiger partial charge in [0.1, 0.15) is 5.82 Å². The summed E-state index contributed by atoms with van der Waals surface area (Å²) in [4.78, 5) is 28.5. The van der Waals surface area contributed by atoms with Crippen LogP contribution in [0.4, 0.5) is 11.5 Å². The van der Waals surface area contributed by atoms with E-state index in [9.17, 15) is 9.59 Å². The number of nitrogens with zero attached hydrogens (tertiary/aromatic N) is 1. The molecule has 7 heteroatoms. The molecule has 1 fully saturated rings. The van der Waals surface area contributed by atoms with Crippen molar-refractivity contribution in [2.24, 2.45) is 5.92 Å². The molecule has 1 aliphatic heterocycles. The van der Waals surface area contributed by atoms with Crippen molar-refractivity contribution >= 4 is 34.9 Å². The van der Waals surface area contributed by atoms with E-state index >= 15 is 0 Å². The summed E-state index contributed by atoms with van der Waals surface area (Å²) in [5.41, 5.74) is 1.05. The first-order valence-electron chi connectivity index (χ1n) is 8.64. The number of halogens is 1. The summed E-state index contributed by atoms with van der Waals surface area (Å²) in [6.45, 7) is 2.02. The molecule has 0 saturated carbocycles. The predicted molar refractivity (Wildman–Crippen MR) is 102 cm³/mol. The van der Waals surface area contributed by atoms with E-state index < -0.39 is 0 Å². The molecule has 6 nitrogen and oxygen atoms in total. The van der Waals surface area contributed by atoms with Gasteiger partial charge in [-0.2, -0.15) is 0 Å². The third kappa shape index (κ3) is 5.28. The van der Waals surface area contributed by atoms with E-state index in [-0.39, 0.29) is 11.8 Å². The molecule has 2 aromatic rings. The number of rotatable bonds is 6. The topological polar surface area (TPSA) is 83.1 Å². The summed E-state index contributed by atoms with van der Waals surface area (Å²) in [5.74, 6) is 0.658. The van der Waals surface area contributed by atoms with Crippen molar-refractivity contribution in [1.29, 1.82) is 0 Å². The molecule has 3 rings (SSSR count). The summed E-state index contributed by atoms with van der Waals surface area (Å²) in [6, 6.07) is 10.1. The summed E-state index contributed by atoms with van der Waals surface area (Å²) >= 11 is 5.78. The third-order valence-corrected chi connectivity index (χ3v) is 4.54. The normalized spacial score (nSPS) is 16.3. The first-order valence-corrected chi connectivity index (χ1v) is 9.01. The lowest BCUT2D eigenvalue weighted by Crippen LogP contribution is -2.16. The van der Waals surface area contributed by atoms with Crippen LogP contribution in [-0.2, 0) is 4.79 Å². The maximum Gasteiger partial charge on any atom is 0.256 e. The van der Waals surface area contributed by atoms with E-state index in [2.05, 4.69) is 20.9 Å². The van der Waals surface area contributed by atoms with Crippen LogP contribution in [0.25, 0.3) is 0 Å². The number of amides is 2. The second-order valence-electron chi connectivity index (χ2n) is 6.34. The molecule has 136 valence electrons. The van der Waals surface area contributed by atoms with Crippen molar-refractivity contribution in [3.63, 3.8) is 0 Å². The summed E-state index contributed by atoms with van der Waals surface area (Å²) in [7, 11) is 0. The Balaban J connectivity index is 1.55. The van der Waals surface area contributed by atoms with Gasteiger partial charge in [-0.3, -0.25) is 9.59 Å². The van der Waals surface area contributed by atoms with Gasteiger partial charge in [0.15, 0.2) is 0 Å². The molecular formula is C19H21ClN4O2. The lowest BCUT2D eigenvalue weighted by atomic mass is 10.0. The van der Waals surface area contributed by atoms with Crippen LogP contribution in [0.1, 0.15) is 29.6 Å². The van der Waals surface area contributed by atoms with Crippen LogP contribution in [0.2, 0.25) is 5.02 Å². The van der Waals surface area contributed by atoms with Gasteiger partial charge in [0.25, 0.3) is 5.91 Å². The molecule has 1 saturated heterocycles. The van der Waals surface area contributed by atoms with Gasteiger partial charge in [-0.25, -0.2) is 4.98 Å². The zero-order valence-corrected chi connectivity index (χ0v) is 15.1. The molecule has 2 heterocycles. The Labute approximate surface area is 157 Å². The van der Waals surface area contributed by atoms with E-state index in [1.54, 1.807) is 36.4 Å². The summed E-state index contributed by atoms with van der Waals surface area (Å²) in [5, 5.41) is 9.36. The second-order valence-corrected chi connectivity index (χ2v) is 6.78. The predicted octanol–water partition coefficient (Wildman–Crippen LogP) is 3.32. The molecular weight excluding hydrogens is 352 g/mol. The van der Waals surface area contributed by atoms with Gasteiger partial charge in [-0.1, -0.05) is 17.7 Å². The van der Waals surface area contributed by atoms with Crippen LogP contribution in [0.3, 0.4) is 0 Å². The molecule has 0 spiro atoms. The van der Waals surface area contributed by atoms with Crippen molar-refractivity contribution in [1.82, 2.24) is 10.3 Å². The Morgan fingerprint density at radius 1 is 1.23 bits per heavy atom. The van der Waals surface area contributed by atoms with Gasteiger partial charge in [-0.15, -0.1) is 0 Å². The molecule has 0 aliphatic carbocycles. The zero-order chi connectivity index (χ0) is 18.4. The number of aromatic nitrogens is 1. The summed E-state index contributed by atoms with van der Waals surface area (Å²) in [6.07, 6.45) is 3.95. The fraction of sp³-hybridized carbons (Fsp3) is 0.316. The van der Waals surface area contributed by atoms with Gasteiger partial charge in [0.2, 0.25) is 5.91 Å². The standard InChI is InChI=1S/C19H21ClN4O2/c20-15-5-6-17(22-12-15)24-19(26)14-2-1-3-16(10-14)23-18(25)7-4-13-8-9-21-11-13/h1-3,5-6,10,12-13,21H,4,7-9,11H2,(H,23,25)(H,22,24,26). The van der Waals surface area contributed by atoms with Crippen molar-refractivity contribution in [3.8, 4) is 0 Å². The average molecular weight is 373 g/mol. The molecule has 26 heavy (non-hydrogen) atoms. The number of carbonyl (C=O) groups excluding carboxylic acids is 2. The van der Waals surface area contributed by atoms with E-state index in [1.165, 1.54) is 6.20 Å². The van der Waals surface area contributed by atoms with Crippen LogP contribution < -0.4 is 16.0 Å². The van der Waals surface area contributed by atoms with E-state index in [4.69, 9.17) is 11.6 Å². The lowest BCUT2D eigenvalue weighted by molar-refractivity contribution is -0.116. The number of benzene rings is 1. The van der Waals surface area contributed by atoms with Crippen LogP contribution in [0, 0.1) is 5.92 Å². The molecule has 1 aliphatic rings. The Morgan fingerprint density at radius 3 is 2.85 bits per heavy atom. The smallest absolute Gasteiger partial charge is 0.256 e. The van der Waals surface area contributed by atoms with Crippen LogP contribution >= 0.6 is 11.6 Å². The molecule has 1 atom stereocenters. The number of nitrogens with one attached hydrogen (secondary N) is 3. The number of hydrogen-bond donors (Lipinski definition) is 3. The van der Waals surface area contributed by atoms with Crippen molar-refractivity contribution in [3.05, 3.63) is 53.2 Å². The molecule has 1 aromatic carbocycles. The minimum atomic E-state index is -0.298. The molecule has 2 amide bonds. The van der Waals surface area contributed by atoms with Crippen molar-refractivity contribution in [2.45, 2.75) is 19.3 Å². The number of anilines is 2. The van der Waals surface area contributed by atoms with E-state index in [0.29, 0.717) is 34.4 Å². The Morgan fingerprint density at radius 2 is 2.12 bits per heavy atom. The van der Waals surface area contributed by atoms with E-state index in [0.717, 1.165) is 25.9 Å². The van der Waals surface area contributed by atoms with E-state index in [1.807, 2.05) is 0 Å². The first kappa shape index (κ1) is 18.4. The van der Waals surface area contributed by atoms with Crippen molar-refractivity contribution < 1.29 is 9.59 Å². The third-order valence-electron chi connectivity index (χ3n) is 4.32.